The molecule has 3 heterocycles. The van der Waals surface area contributed by atoms with Gasteiger partial charge in [0.25, 0.3) is 11.7 Å². The molecule has 0 spiro atoms. The first-order chi connectivity index (χ1) is 13.0. The Balaban J connectivity index is 1.59. The van der Waals surface area contributed by atoms with Crippen molar-refractivity contribution in [1.82, 2.24) is 24.9 Å². The van der Waals surface area contributed by atoms with Crippen LogP contribution in [0.5, 0.6) is 0 Å². The molecule has 1 N–H and O–H groups in total. The van der Waals surface area contributed by atoms with Crippen LogP contribution in [-0.4, -0.2) is 44.3 Å². The zero-order valence-corrected chi connectivity index (χ0v) is 16.0. The van der Waals surface area contributed by atoms with Gasteiger partial charge in [-0.3, -0.25) is 9.59 Å². The van der Waals surface area contributed by atoms with Gasteiger partial charge in [0.05, 0.1) is 19.2 Å². The van der Waals surface area contributed by atoms with E-state index in [2.05, 4.69) is 20.4 Å². The second kappa shape index (κ2) is 8.21. The average molecular weight is 389 g/mol. The molecule has 0 aliphatic rings. The third kappa shape index (κ3) is 4.45. The first kappa shape index (κ1) is 18.9. The number of thioether (sulfide) groups is 1. The molecule has 1 amide bonds. The summed E-state index contributed by atoms with van der Waals surface area (Å²) in [6.07, 6.45) is 3.40. The molecule has 0 unspecified atom stereocenters. The highest BCUT2D eigenvalue weighted by Gasteiger charge is 2.17. The first-order valence-electron chi connectivity index (χ1n) is 8.19. The molecule has 0 aliphatic carbocycles. The van der Waals surface area contributed by atoms with Crippen molar-refractivity contribution in [1.29, 1.82) is 0 Å². The molecule has 0 radical (unpaired) electrons. The van der Waals surface area contributed by atoms with E-state index in [9.17, 15) is 9.59 Å². The summed E-state index contributed by atoms with van der Waals surface area (Å²) in [6, 6.07) is 3.47. The number of aromatic nitrogens is 4. The molecule has 0 aliphatic heterocycles. The van der Waals surface area contributed by atoms with E-state index in [0.29, 0.717) is 28.0 Å². The maximum atomic E-state index is 12.2. The van der Waals surface area contributed by atoms with Crippen LogP contribution in [0.25, 0.3) is 5.78 Å². The van der Waals surface area contributed by atoms with Crippen LogP contribution in [0.3, 0.4) is 0 Å². The summed E-state index contributed by atoms with van der Waals surface area (Å²) in [6.45, 7) is 3.54. The number of carbonyl (C=O) groups is 2. The number of nitrogens with one attached hydrogen (secondary N) is 1. The second-order valence-electron chi connectivity index (χ2n) is 5.77. The normalized spacial score (nSPS) is 10.9. The number of carbonyl (C=O) groups excluding carboxylic acids is 2. The summed E-state index contributed by atoms with van der Waals surface area (Å²) in [4.78, 5) is 32.6. The number of fused-ring (bicyclic) bond motifs is 1. The lowest BCUT2D eigenvalue weighted by Gasteiger charge is -2.10. The summed E-state index contributed by atoms with van der Waals surface area (Å²) in [5, 5.41) is 7.57. The lowest BCUT2D eigenvalue weighted by Crippen LogP contribution is -2.28. The molecule has 0 atom stereocenters. The monoisotopic (exact) mass is 389 g/mol. The predicted octanol–water partition coefficient (Wildman–Crippen LogP) is 1.46. The van der Waals surface area contributed by atoms with Crippen molar-refractivity contribution < 1.29 is 18.7 Å². The fourth-order valence-corrected chi connectivity index (χ4v) is 2.86. The molecule has 0 aromatic carbocycles. The number of ether oxygens (including phenoxy) is 1. The highest BCUT2D eigenvalue weighted by atomic mass is 32.2. The zero-order valence-electron chi connectivity index (χ0n) is 15.2. The topological polar surface area (TPSA) is 112 Å². The highest BCUT2D eigenvalue weighted by Crippen LogP contribution is 2.17. The molecule has 0 fully saturated rings. The number of amides is 1. The predicted molar refractivity (Wildman–Crippen MR) is 97.3 cm³/mol. The van der Waals surface area contributed by atoms with Gasteiger partial charge in [0, 0.05) is 17.0 Å². The number of hydrogen-bond donors (Lipinski definition) is 1. The summed E-state index contributed by atoms with van der Waals surface area (Å²) in [7, 11) is 0. The van der Waals surface area contributed by atoms with Crippen molar-refractivity contribution in [3.05, 3.63) is 41.1 Å². The van der Waals surface area contributed by atoms with Crippen molar-refractivity contribution >= 4 is 29.4 Å². The fraction of sp³-hybridized carbons (Fsp3) is 0.353. The maximum absolute atomic E-state index is 12.2. The number of esters is 1. The Morgan fingerprint density at radius 2 is 2.15 bits per heavy atom. The van der Waals surface area contributed by atoms with Gasteiger partial charge in [-0.05, 0) is 32.2 Å². The maximum Gasteiger partial charge on any atom is 0.310 e. The molecule has 3 aromatic rings. The van der Waals surface area contributed by atoms with Gasteiger partial charge in [0.15, 0.2) is 6.61 Å². The third-order valence-electron chi connectivity index (χ3n) is 3.94. The molecule has 27 heavy (non-hydrogen) atoms. The molecule has 10 heteroatoms. The number of nitrogens with zero attached hydrogens (tertiary/aromatic N) is 4. The minimum absolute atomic E-state index is 0.000528. The van der Waals surface area contributed by atoms with Gasteiger partial charge in [-0.25, -0.2) is 9.50 Å². The molecular formula is C17H19N5O4S. The van der Waals surface area contributed by atoms with E-state index in [0.717, 1.165) is 5.69 Å². The van der Waals surface area contributed by atoms with E-state index in [1.807, 2.05) is 13.2 Å². The Kier molecular flexibility index (Phi) is 5.75. The summed E-state index contributed by atoms with van der Waals surface area (Å²) in [5.41, 5.74) is 2.16. The van der Waals surface area contributed by atoms with E-state index < -0.39 is 11.9 Å². The molecule has 0 saturated carbocycles. The van der Waals surface area contributed by atoms with Gasteiger partial charge in [0.2, 0.25) is 5.16 Å². The van der Waals surface area contributed by atoms with Crippen molar-refractivity contribution in [2.24, 2.45) is 0 Å². The fourth-order valence-electron chi connectivity index (χ4n) is 2.52. The smallest absolute Gasteiger partial charge is 0.310 e. The van der Waals surface area contributed by atoms with Crippen LogP contribution < -0.4 is 5.32 Å². The van der Waals surface area contributed by atoms with Crippen LogP contribution in [0.2, 0.25) is 0 Å². The van der Waals surface area contributed by atoms with Crippen LogP contribution >= 0.6 is 11.8 Å². The van der Waals surface area contributed by atoms with E-state index in [4.69, 9.17) is 9.15 Å². The van der Waals surface area contributed by atoms with Crippen LogP contribution in [0.1, 0.15) is 22.7 Å². The van der Waals surface area contributed by atoms with Crippen LogP contribution in [0.4, 0.5) is 0 Å². The minimum Gasteiger partial charge on any atom is -0.467 e. The first-order valence-corrected chi connectivity index (χ1v) is 9.42. The van der Waals surface area contributed by atoms with E-state index >= 15 is 0 Å². The molecule has 142 valence electrons. The Morgan fingerprint density at radius 1 is 1.33 bits per heavy atom. The van der Waals surface area contributed by atoms with Crippen molar-refractivity contribution in [2.45, 2.75) is 32.0 Å². The van der Waals surface area contributed by atoms with Gasteiger partial charge in [0.1, 0.15) is 5.76 Å². The standard InChI is InChI=1S/C17H19N5O4S/c1-10-13(11(2)22-16(19-10)20-17(21-22)27-3)7-15(24)26-9-14(23)18-8-12-5-4-6-25-12/h4-6H,7-9H2,1-3H3,(H,18,23). The number of rotatable bonds is 7. The number of hydrogen-bond acceptors (Lipinski definition) is 8. The quantitative estimate of drug-likeness (QED) is 0.477. The molecule has 3 rings (SSSR count). The van der Waals surface area contributed by atoms with E-state index in [1.54, 1.807) is 23.6 Å². The summed E-state index contributed by atoms with van der Waals surface area (Å²) < 4.78 is 11.8. The van der Waals surface area contributed by atoms with Crippen LogP contribution in [-0.2, 0) is 27.3 Å². The average Bonchev–Trinajstić information content (AvgIpc) is 3.31. The largest absolute Gasteiger partial charge is 0.467 e. The molecule has 9 nitrogen and oxygen atoms in total. The lowest BCUT2D eigenvalue weighted by molar-refractivity contribution is -0.147. The summed E-state index contributed by atoms with van der Waals surface area (Å²) >= 11 is 1.42. The van der Waals surface area contributed by atoms with E-state index in [-0.39, 0.29) is 19.6 Å². The summed E-state index contributed by atoms with van der Waals surface area (Å²) in [5.74, 6) is 0.199. The molecular weight excluding hydrogens is 370 g/mol. The third-order valence-corrected chi connectivity index (χ3v) is 4.48. The Labute approximate surface area is 159 Å². The van der Waals surface area contributed by atoms with Crippen molar-refractivity contribution in [3.63, 3.8) is 0 Å². The lowest BCUT2D eigenvalue weighted by atomic mass is 10.1. The SMILES string of the molecule is CSc1nc2nc(C)c(CC(=O)OCC(=O)NCc3ccco3)c(C)n2n1. The molecule has 0 bridgehead atoms. The van der Waals surface area contributed by atoms with Crippen molar-refractivity contribution in [2.75, 3.05) is 12.9 Å². The van der Waals surface area contributed by atoms with Gasteiger partial charge < -0.3 is 14.5 Å². The Morgan fingerprint density at radius 3 is 2.85 bits per heavy atom. The second-order valence-corrected chi connectivity index (χ2v) is 6.54. The minimum atomic E-state index is -0.513. The van der Waals surface area contributed by atoms with Gasteiger partial charge in [-0.15, -0.1) is 5.10 Å². The number of aryl methyl sites for hydroxylation is 2. The van der Waals surface area contributed by atoms with Crippen LogP contribution in [0, 0.1) is 13.8 Å². The number of furan rings is 1. The van der Waals surface area contributed by atoms with Gasteiger partial charge >= 0.3 is 5.97 Å². The zero-order chi connectivity index (χ0) is 19.4. The molecule has 3 aromatic heterocycles. The highest BCUT2D eigenvalue weighted by molar-refractivity contribution is 7.98. The Hall–Kier alpha value is -2.88. The van der Waals surface area contributed by atoms with Gasteiger partial charge in [-0.1, -0.05) is 11.8 Å². The van der Waals surface area contributed by atoms with E-state index in [1.165, 1.54) is 18.0 Å². The Bertz CT molecular complexity index is 968. The van der Waals surface area contributed by atoms with Crippen LogP contribution in [0.15, 0.2) is 28.0 Å². The van der Waals surface area contributed by atoms with Crippen molar-refractivity contribution in [3.8, 4) is 0 Å². The molecule has 0 saturated heterocycles. The van der Waals surface area contributed by atoms with Gasteiger partial charge in [-0.2, -0.15) is 4.98 Å².